The van der Waals surface area contributed by atoms with Crippen molar-refractivity contribution in [2.45, 2.75) is 19.5 Å². The molecule has 0 aliphatic carbocycles. The second kappa shape index (κ2) is 6.61. The maximum atomic E-state index is 4.53. The summed E-state index contributed by atoms with van der Waals surface area (Å²) < 4.78 is 0. The average Bonchev–Trinajstić information content (AvgIpc) is 2.95. The topological polar surface area (TPSA) is 53.9 Å². The van der Waals surface area contributed by atoms with E-state index in [4.69, 9.17) is 0 Å². The maximum absolute atomic E-state index is 4.53. The summed E-state index contributed by atoms with van der Waals surface area (Å²) in [5.74, 6) is 1.58. The molecule has 1 aliphatic heterocycles. The van der Waals surface area contributed by atoms with Crippen LogP contribution in [0.5, 0.6) is 0 Å². The molecule has 1 atom stereocenters. The van der Waals surface area contributed by atoms with Gasteiger partial charge in [0.15, 0.2) is 0 Å². The van der Waals surface area contributed by atoms with Gasteiger partial charge in [-0.3, -0.25) is 9.88 Å². The summed E-state index contributed by atoms with van der Waals surface area (Å²) in [5, 5.41) is 3.49. The molecule has 0 fully saturated rings. The first kappa shape index (κ1) is 15.7. The Labute approximate surface area is 147 Å². The van der Waals surface area contributed by atoms with E-state index < -0.39 is 0 Å². The van der Waals surface area contributed by atoms with Gasteiger partial charge in [-0.2, -0.15) is 0 Å². The van der Waals surface area contributed by atoms with Crippen molar-refractivity contribution in [2.24, 2.45) is 0 Å². The van der Waals surface area contributed by atoms with Crippen molar-refractivity contribution in [2.75, 3.05) is 18.9 Å². The molecular weight excluding hydrogens is 310 g/mol. The molecule has 25 heavy (non-hydrogen) atoms. The number of pyridine rings is 1. The monoisotopic (exact) mass is 331 g/mol. The molecule has 5 nitrogen and oxygen atoms in total. The van der Waals surface area contributed by atoms with Crippen LogP contribution in [0.15, 0.2) is 54.7 Å². The van der Waals surface area contributed by atoms with Crippen molar-refractivity contribution in [3.63, 3.8) is 0 Å². The number of hydrogen-bond acceptors (Lipinski definition) is 5. The van der Waals surface area contributed by atoms with Crippen LogP contribution in [0.1, 0.15) is 23.0 Å². The van der Waals surface area contributed by atoms with Gasteiger partial charge in [-0.05, 0) is 37.2 Å². The number of nitrogens with zero attached hydrogens (tertiary/aromatic N) is 4. The first-order chi connectivity index (χ1) is 12.2. The lowest BCUT2D eigenvalue weighted by Gasteiger charge is -2.21. The van der Waals surface area contributed by atoms with Crippen molar-refractivity contribution < 1.29 is 0 Å². The third kappa shape index (κ3) is 3.23. The fourth-order valence-corrected chi connectivity index (χ4v) is 3.39. The maximum Gasteiger partial charge on any atom is 0.130 e. The van der Waals surface area contributed by atoms with Gasteiger partial charge in [0.2, 0.25) is 0 Å². The zero-order valence-corrected chi connectivity index (χ0v) is 14.5. The number of fused-ring (bicyclic) bond motifs is 1. The lowest BCUT2D eigenvalue weighted by Crippen LogP contribution is -2.24. The summed E-state index contributed by atoms with van der Waals surface area (Å²) >= 11 is 0. The highest BCUT2D eigenvalue weighted by Gasteiger charge is 2.26. The SMILES string of the molecule is Cc1nc(NCC2c3ccccc3CN2C)cc(-c2ccccn2)n1. The lowest BCUT2D eigenvalue weighted by atomic mass is 10.1. The van der Waals surface area contributed by atoms with E-state index in [0.29, 0.717) is 6.04 Å². The molecule has 0 saturated heterocycles. The van der Waals surface area contributed by atoms with E-state index in [1.807, 2.05) is 31.2 Å². The Bertz CT molecular complexity index is 878. The molecule has 5 heteroatoms. The molecule has 0 spiro atoms. The van der Waals surface area contributed by atoms with E-state index in [1.165, 1.54) is 11.1 Å². The van der Waals surface area contributed by atoms with E-state index >= 15 is 0 Å². The summed E-state index contributed by atoms with van der Waals surface area (Å²) in [7, 11) is 2.16. The number of hydrogen-bond donors (Lipinski definition) is 1. The zero-order chi connectivity index (χ0) is 17.2. The van der Waals surface area contributed by atoms with Gasteiger partial charge in [0.05, 0.1) is 17.4 Å². The van der Waals surface area contributed by atoms with E-state index in [1.54, 1.807) is 6.20 Å². The Balaban J connectivity index is 1.55. The highest BCUT2D eigenvalue weighted by atomic mass is 15.2. The Hall–Kier alpha value is -2.79. The van der Waals surface area contributed by atoms with Gasteiger partial charge < -0.3 is 5.32 Å². The fraction of sp³-hybridized carbons (Fsp3) is 0.250. The number of rotatable bonds is 4. The van der Waals surface area contributed by atoms with Crippen LogP contribution in [0.2, 0.25) is 0 Å². The molecule has 0 bridgehead atoms. The van der Waals surface area contributed by atoms with Crippen LogP contribution in [-0.2, 0) is 6.54 Å². The minimum absolute atomic E-state index is 0.352. The average molecular weight is 331 g/mol. The summed E-state index contributed by atoms with van der Waals surface area (Å²) in [6.07, 6.45) is 1.78. The Morgan fingerprint density at radius 1 is 1.08 bits per heavy atom. The third-order valence-corrected chi connectivity index (χ3v) is 4.61. The molecule has 0 saturated carbocycles. The number of aryl methyl sites for hydroxylation is 1. The van der Waals surface area contributed by atoms with Crippen molar-refractivity contribution >= 4 is 5.82 Å². The van der Waals surface area contributed by atoms with Crippen molar-refractivity contribution in [1.82, 2.24) is 19.9 Å². The molecule has 4 rings (SSSR count). The van der Waals surface area contributed by atoms with Gasteiger partial charge in [-0.1, -0.05) is 30.3 Å². The van der Waals surface area contributed by atoms with E-state index in [2.05, 4.69) is 56.5 Å². The van der Waals surface area contributed by atoms with Crippen LogP contribution in [0, 0.1) is 6.92 Å². The largest absolute Gasteiger partial charge is 0.368 e. The molecule has 1 aliphatic rings. The molecule has 1 N–H and O–H groups in total. The van der Waals surface area contributed by atoms with E-state index in [-0.39, 0.29) is 0 Å². The highest BCUT2D eigenvalue weighted by Crippen LogP contribution is 2.32. The van der Waals surface area contributed by atoms with E-state index in [0.717, 1.165) is 36.1 Å². The summed E-state index contributed by atoms with van der Waals surface area (Å²) in [6, 6.07) is 16.8. The van der Waals surface area contributed by atoms with Crippen LogP contribution in [-0.4, -0.2) is 33.4 Å². The quantitative estimate of drug-likeness (QED) is 0.793. The fourth-order valence-electron chi connectivity index (χ4n) is 3.39. The summed E-state index contributed by atoms with van der Waals surface area (Å²) in [4.78, 5) is 15.8. The van der Waals surface area contributed by atoms with Crippen LogP contribution in [0.25, 0.3) is 11.4 Å². The van der Waals surface area contributed by atoms with Gasteiger partial charge in [0, 0.05) is 25.4 Å². The predicted molar refractivity (Wildman–Crippen MR) is 99.1 cm³/mol. The molecule has 0 amide bonds. The predicted octanol–water partition coefficient (Wildman–Crippen LogP) is 3.45. The van der Waals surface area contributed by atoms with Gasteiger partial charge in [0.25, 0.3) is 0 Å². The van der Waals surface area contributed by atoms with Gasteiger partial charge in [0.1, 0.15) is 11.6 Å². The van der Waals surface area contributed by atoms with Crippen molar-refractivity contribution in [3.8, 4) is 11.4 Å². The van der Waals surface area contributed by atoms with Crippen molar-refractivity contribution in [1.29, 1.82) is 0 Å². The van der Waals surface area contributed by atoms with Gasteiger partial charge in [-0.15, -0.1) is 0 Å². The first-order valence-electron chi connectivity index (χ1n) is 8.50. The van der Waals surface area contributed by atoms with Crippen LogP contribution >= 0.6 is 0 Å². The lowest BCUT2D eigenvalue weighted by molar-refractivity contribution is 0.279. The summed E-state index contributed by atoms with van der Waals surface area (Å²) in [5.41, 5.74) is 4.51. The minimum Gasteiger partial charge on any atom is -0.368 e. The third-order valence-electron chi connectivity index (χ3n) is 4.61. The second-order valence-electron chi connectivity index (χ2n) is 6.41. The van der Waals surface area contributed by atoms with Crippen LogP contribution < -0.4 is 5.32 Å². The highest BCUT2D eigenvalue weighted by molar-refractivity contribution is 5.58. The molecule has 1 aromatic carbocycles. The summed E-state index contributed by atoms with van der Waals surface area (Å²) in [6.45, 7) is 3.71. The molecule has 3 aromatic rings. The Morgan fingerprint density at radius 3 is 2.76 bits per heavy atom. The smallest absolute Gasteiger partial charge is 0.130 e. The molecule has 1 unspecified atom stereocenters. The molecule has 0 radical (unpaired) electrons. The second-order valence-corrected chi connectivity index (χ2v) is 6.41. The van der Waals surface area contributed by atoms with Crippen LogP contribution in [0.3, 0.4) is 0 Å². The van der Waals surface area contributed by atoms with Crippen LogP contribution in [0.4, 0.5) is 5.82 Å². The van der Waals surface area contributed by atoms with E-state index in [9.17, 15) is 0 Å². The molecule has 2 aromatic heterocycles. The number of anilines is 1. The first-order valence-corrected chi connectivity index (χ1v) is 8.50. The standard InChI is InChI=1S/C20H21N5/c1-14-23-18(17-9-5-6-10-21-17)11-20(24-14)22-12-19-16-8-4-3-7-15(16)13-25(19)2/h3-11,19H,12-13H2,1-2H3,(H,22,23,24). The number of benzene rings is 1. The Kier molecular flexibility index (Phi) is 4.15. The number of likely N-dealkylation sites (N-methyl/N-ethyl adjacent to an activating group) is 1. The normalized spacial score (nSPS) is 16.6. The van der Waals surface area contributed by atoms with Gasteiger partial charge in [-0.25, -0.2) is 9.97 Å². The molecule has 126 valence electrons. The van der Waals surface area contributed by atoms with Gasteiger partial charge >= 0.3 is 0 Å². The molecule has 3 heterocycles. The number of nitrogens with one attached hydrogen (secondary N) is 1. The van der Waals surface area contributed by atoms with Crippen molar-refractivity contribution in [3.05, 3.63) is 71.7 Å². The minimum atomic E-state index is 0.352. The zero-order valence-electron chi connectivity index (χ0n) is 14.5. The Morgan fingerprint density at radius 2 is 1.92 bits per heavy atom. The number of aromatic nitrogens is 3. The molecular formula is C20H21N5.